The predicted octanol–water partition coefficient (Wildman–Crippen LogP) is 4.66. The Morgan fingerprint density at radius 3 is 2.46 bits per heavy atom. The first-order valence-electron chi connectivity index (χ1n) is 9.25. The molecule has 0 aliphatic rings. The number of ether oxygens (including phenoxy) is 1. The van der Waals surface area contributed by atoms with Crippen molar-refractivity contribution in [2.24, 2.45) is 0 Å². The fourth-order valence-corrected chi connectivity index (χ4v) is 3.12. The molecule has 0 aliphatic carbocycles. The second-order valence-electron chi connectivity index (χ2n) is 6.26. The van der Waals surface area contributed by atoms with Crippen molar-refractivity contribution in [3.63, 3.8) is 0 Å². The van der Waals surface area contributed by atoms with Gasteiger partial charge < -0.3 is 15.0 Å². The third-order valence-electron chi connectivity index (χ3n) is 4.72. The van der Waals surface area contributed by atoms with Gasteiger partial charge in [-0.2, -0.15) is 0 Å². The zero-order valence-electron chi connectivity index (χ0n) is 15.8. The highest BCUT2D eigenvalue weighted by Gasteiger charge is 2.10. The van der Waals surface area contributed by atoms with Crippen LogP contribution >= 0.6 is 0 Å². The number of nitrogens with one attached hydrogen (secondary N) is 1. The second-order valence-corrected chi connectivity index (χ2v) is 6.26. The number of aromatic nitrogens is 1. The summed E-state index contributed by atoms with van der Waals surface area (Å²) >= 11 is 0. The number of pyridine rings is 1. The minimum absolute atomic E-state index is 0.826. The highest BCUT2D eigenvalue weighted by Crippen LogP contribution is 2.31. The van der Waals surface area contributed by atoms with Crippen LogP contribution < -0.4 is 10.1 Å². The maximum absolute atomic E-state index is 5.35. The molecule has 1 N–H and O–H groups in total. The first-order valence-corrected chi connectivity index (χ1v) is 9.25. The molecule has 0 saturated carbocycles. The molecule has 3 rings (SSSR count). The number of rotatable bonds is 8. The lowest BCUT2D eigenvalue weighted by atomic mass is 10.0. The van der Waals surface area contributed by atoms with Crippen LogP contribution in [0, 0.1) is 0 Å². The molecule has 0 saturated heterocycles. The topological polar surface area (TPSA) is 37.4 Å². The largest absolute Gasteiger partial charge is 0.497 e. The normalized spacial score (nSPS) is 11.1. The average Bonchev–Trinajstić information content (AvgIpc) is 2.70. The van der Waals surface area contributed by atoms with Gasteiger partial charge in [0.2, 0.25) is 0 Å². The highest BCUT2D eigenvalue weighted by atomic mass is 16.5. The molecule has 0 atom stereocenters. The summed E-state index contributed by atoms with van der Waals surface area (Å²) in [6.07, 6.45) is 0. The van der Waals surface area contributed by atoms with E-state index in [0.29, 0.717) is 0 Å². The quantitative estimate of drug-likeness (QED) is 0.641. The van der Waals surface area contributed by atoms with Crippen molar-refractivity contribution in [2.45, 2.75) is 13.8 Å². The Kier molecular flexibility index (Phi) is 6.08. The standard InChI is InChI=1S/C22H27N3O/c1-4-25(5-2)14-13-23-22-20(17-9-7-6-8-10-17)15-18-11-12-19(26-3)16-21(18)24-22/h6-12,15-16H,4-5,13-14H2,1-3H3,(H,23,24). The van der Waals surface area contributed by atoms with E-state index in [1.54, 1.807) is 7.11 Å². The Hall–Kier alpha value is -2.59. The summed E-state index contributed by atoms with van der Waals surface area (Å²) in [5.74, 6) is 1.75. The molecule has 0 radical (unpaired) electrons. The summed E-state index contributed by atoms with van der Waals surface area (Å²) in [7, 11) is 1.68. The van der Waals surface area contributed by atoms with Crippen LogP contribution in [0.5, 0.6) is 5.75 Å². The number of anilines is 1. The van der Waals surface area contributed by atoms with E-state index in [0.717, 1.165) is 54.2 Å². The first kappa shape index (κ1) is 18.2. The summed E-state index contributed by atoms with van der Waals surface area (Å²) in [5, 5.41) is 4.66. The Bertz CT molecular complexity index is 845. The van der Waals surface area contributed by atoms with Gasteiger partial charge in [0.05, 0.1) is 12.6 Å². The molecule has 2 aromatic carbocycles. The van der Waals surface area contributed by atoms with Gasteiger partial charge in [0.15, 0.2) is 0 Å². The number of nitrogens with zero attached hydrogens (tertiary/aromatic N) is 2. The maximum Gasteiger partial charge on any atom is 0.134 e. The van der Waals surface area contributed by atoms with Crippen molar-refractivity contribution < 1.29 is 4.74 Å². The number of benzene rings is 2. The van der Waals surface area contributed by atoms with Crippen LogP contribution in [0.15, 0.2) is 54.6 Å². The Morgan fingerprint density at radius 2 is 1.77 bits per heavy atom. The van der Waals surface area contributed by atoms with Crippen LogP contribution in [0.25, 0.3) is 22.0 Å². The van der Waals surface area contributed by atoms with E-state index >= 15 is 0 Å². The zero-order chi connectivity index (χ0) is 18.4. The van der Waals surface area contributed by atoms with E-state index in [4.69, 9.17) is 9.72 Å². The fourth-order valence-electron chi connectivity index (χ4n) is 3.12. The van der Waals surface area contributed by atoms with Crippen molar-refractivity contribution in [1.82, 2.24) is 9.88 Å². The van der Waals surface area contributed by atoms with Crippen LogP contribution in [-0.2, 0) is 0 Å². The summed E-state index contributed by atoms with van der Waals surface area (Å²) in [6, 6.07) is 18.6. The third kappa shape index (κ3) is 4.14. The maximum atomic E-state index is 5.35. The molecule has 0 aliphatic heterocycles. The van der Waals surface area contributed by atoms with E-state index in [1.165, 1.54) is 5.56 Å². The van der Waals surface area contributed by atoms with Gasteiger partial charge in [0.25, 0.3) is 0 Å². The number of hydrogen-bond donors (Lipinski definition) is 1. The molecule has 1 aromatic heterocycles. The van der Waals surface area contributed by atoms with E-state index in [1.807, 2.05) is 18.2 Å². The molecule has 0 unspecified atom stereocenters. The molecular weight excluding hydrogens is 322 g/mol. The third-order valence-corrected chi connectivity index (χ3v) is 4.72. The van der Waals surface area contributed by atoms with Crippen LogP contribution in [0.1, 0.15) is 13.8 Å². The summed E-state index contributed by atoms with van der Waals surface area (Å²) in [4.78, 5) is 7.30. The highest BCUT2D eigenvalue weighted by molar-refractivity contribution is 5.90. The fraction of sp³-hybridized carbons (Fsp3) is 0.318. The summed E-state index contributed by atoms with van der Waals surface area (Å²) < 4.78 is 5.35. The van der Waals surface area contributed by atoms with Crippen molar-refractivity contribution in [3.8, 4) is 16.9 Å². The molecule has 3 aromatic rings. The van der Waals surface area contributed by atoms with Crippen molar-refractivity contribution >= 4 is 16.7 Å². The first-order chi connectivity index (χ1) is 12.7. The molecule has 0 amide bonds. The number of hydrogen-bond acceptors (Lipinski definition) is 4. The Balaban J connectivity index is 1.96. The average molecular weight is 349 g/mol. The van der Waals surface area contributed by atoms with Crippen molar-refractivity contribution in [2.75, 3.05) is 38.6 Å². The molecule has 0 spiro atoms. The van der Waals surface area contributed by atoms with Gasteiger partial charge in [-0.05, 0) is 36.9 Å². The summed E-state index contributed by atoms with van der Waals surface area (Å²) in [6.45, 7) is 8.38. The van der Waals surface area contributed by atoms with Crippen LogP contribution in [0.2, 0.25) is 0 Å². The SMILES string of the molecule is CCN(CC)CCNc1nc2cc(OC)ccc2cc1-c1ccccc1. The molecule has 4 nitrogen and oxygen atoms in total. The summed E-state index contributed by atoms with van der Waals surface area (Å²) in [5.41, 5.74) is 3.24. The van der Waals surface area contributed by atoms with Crippen LogP contribution in [0.4, 0.5) is 5.82 Å². The smallest absolute Gasteiger partial charge is 0.134 e. The van der Waals surface area contributed by atoms with Crippen LogP contribution in [0.3, 0.4) is 0 Å². The van der Waals surface area contributed by atoms with Gasteiger partial charge >= 0.3 is 0 Å². The van der Waals surface area contributed by atoms with Gasteiger partial charge in [-0.3, -0.25) is 0 Å². The van der Waals surface area contributed by atoms with Crippen LogP contribution in [-0.4, -0.2) is 43.2 Å². The zero-order valence-corrected chi connectivity index (χ0v) is 15.8. The number of methoxy groups -OCH3 is 1. The number of fused-ring (bicyclic) bond motifs is 1. The molecule has 4 heteroatoms. The lowest BCUT2D eigenvalue weighted by Crippen LogP contribution is -2.28. The minimum Gasteiger partial charge on any atom is -0.497 e. The van der Waals surface area contributed by atoms with E-state index in [9.17, 15) is 0 Å². The predicted molar refractivity (Wildman–Crippen MR) is 110 cm³/mol. The van der Waals surface area contributed by atoms with E-state index in [-0.39, 0.29) is 0 Å². The molecule has 136 valence electrons. The molecular formula is C22H27N3O. The number of likely N-dealkylation sites (N-methyl/N-ethyl adjacent to an activating group) is 1. The molecule has 0 fully saturated rings. The Labute approximate surface area is 155 Å². The van der Waals surface area contributed by atoms with Gasteiger partial charge in [0.1, 0.15) is 11.6 Å². The molecule has 0 bridgehead atoms. The minimum atomic E-state index is 0.826. The van der Waals surface area contributed by atoms with Crippen molar-refractivity contribution in [1.29, 1.82) is 0 Å². The van der Waals surface area contributed by atoms with Gasteiger partial charge in [0, 0.05) is 30.1 Å². The van der Waals surface area contributed by atoms with Gasteiger partial charge in [-0.1, -0.05) is 44.2 Å². The monoisotopic (exact) mass is 349 g/mol. The van der Waals surface area contributed by atoms with E-state index < -0.39 is 0 Å². The van der Waals surface area contributed by atoms with E-state index in [2.05, 4.69) is 60.5 Å². The van der Waals surface area contributed by atoms with Gasteiger partial charge in [-0.15, -0.1) is 0 Å². The van der Waals surface area contributed by atoms with Crippen molar-refractivity contribution in [3.05, 3.63) is 54.6 Å². The van der Waals surface area contributed by atoms with Gasteiger partial charge in [-0.25, -0.2) is 4.98 Å². The molecule has 1 heterocycles. The Morgan fingerprint density at radius 1 is 1.00 bits per heavy atom. The second kappa shape index (κ2) is 8.68. The molecule has 26 heavy (non-hydrogen) atoms. The lowest BCUT2D eigenvalue weighted by molar-refractivity contribution is 0.316. The lowest BCUT2D eigenvalue weighted by Gasteiger charge is -2.19.